The fourth-order valence-electron chi connectivity index (χ4n) is 2.00. The fourth-order valence-corrected chi connectivity index (χ4v) is 2.83. The van der Waals surface area contributed by atoms with Crippen LogP contribution in [0.25, 0.3) is 0 Å². The summed E-state index contributed by atoms with van der Waals surface area (Å²) >= 11 is 0. The highest BCUT2D eigenvalue weighted by Gasteiger charge is 2.16. The third kappa shape index (κ3) is 10.6. The van der Waals surface area contributed by atoms with Gasteiger partial charge in [0.05, 0.1) is 7.11 Å². The van der Waals surface area contributed by atoms with Gasteiger partial charge in [-0.1, -0.05) is 19.8 Å². The largest absolute Gasteiger partial charge is 0.726 e. The van der Waals surface area contributed by atoms with Crippen LogP contribution in [0.2, 0.25) is 0 Å². The normalized spacial score (nSPS) is 10.9. The molecule has 1 aromatic carbocycles. The number of ether oxygens (including phenoxy) is 1. The van der Waals surface area contributed by atoms with E-state index in [1.165, 1.54) is 4.90 Å². The lowest BCUT2D eigenvalue weighted by Crippen LogP contribution is -2.28. The van der Waals surface area contributed by atoms with Crippen LogP contribution in [-0.4, -0.2) is 45.2 Å². The van der Waals surface area contributed by atoms with Gasteiger partial charge in [-0.3, -0.25) is 4.18 Å². The second-order valence-corrected chi connectivity index (χ2v) is 9.06. The van der Waals surface area contributed by atoms with Crippen molar-refractivity contribution in [1.29, 1.82) is 0 Å². The summed E-state index contributed by atoms with van der Waals surface area (Å²) in [6, 6.07) is 4.21. The molecule has 0 atom stereocenters. The monoisotopic (exact) mass is 407 g/mol. The Morgan fingerprint density at radius 1 is 1.19 bits per heavy atom. The molecule has 1 aromatic rings. The first-order valence-corrected chi connectivity index (χ1v) is 11.5. The number of hydrogen-bond acceptors (Lipinski definition) is 6. The molecule has 0 heterocycles. The summed E-state index contributed by atoms with van der Waals surface area (Å²) in [6.07, 6.45) is 7.29. The minimum Gasteiger partial charge on any atom is -0.726 e. The molecule has 150 valence electrons. The van der Waals surface area contributed by atoms with Crippen LogP contribution < -0.4 is 10.1 Å². The average molecular weight is 408 g/mol. The number of rotatable bonds is 7. The zero-order chi connectivity index (χ0) is 20.3. The highest BCUT2D eigenvalue weighted by Crippen LogP contribution is 2.27. The Hall–Kier alpha value is -1.29. The molecule has 0 aliphatic carbocycles. The van der Waals surface area contributed by atoms with E-state index in [4.69, 9.17) is 4.74 Å². The van der Waals surface area contributed by atoms with Crippen LogP contribution in [0.4, 0.5) is 4.79 Å². The summed E-state index contributed by atoms with van der Waals surface area (Å²) in [5, 5.41) is 2.80. The Kier molecular flexibility index (Phi) is 11.6. The quantitative estimate of drug-likeness (QED) is 0.322. The van der Waals surface area contributed by atoms with E-state index in [0.717, 1.165) is 37.5 Å². The SMILES string of the molecule is CCCCCNC(=O)Oc1c(C)cc([S+](C)C)cc1C.COS(=O)(=O)[O-]. The first kappa shape index (κ1) is 24.7. The smallest absolute Gasteiger partial charge is 0.412 e. The maximum absolute atomic E-state index is 11.8. The molecule has 0 aliphatic heterocycles. The molecule has 7 nitrogen and oxygen atoms in total. The predicted octanol–water partition coefficient (Wildman–Crippen LogP) is 2.91. The molecular formula is C17H29NO6S2. The van der Waals surface area contributed by atoms with E-state index < -0.39 is 10.4 Å². The predicted molar refractivity (Wildman–Crippen MR) is 104 cm³/mol. The van der Waals surface area contributed by atoms with E-state index in [0.29, 0.717) is 12.3 Å². The van der Waals surface area contributed by atoms with Crippen LogP contribution in [0.1, 0.15) is 37.3 Å². The van der Waals surface area contributed by atoms with Gasteiger partial charge < -0.3 is 14.6 Å². The van der Waals surface area contributed by atoms with Crippen molar-refractivity contribution in [3.63, 3.8) is 0 Å². The Morgan fingerprint density at radius 3 is 2.08 bits per heavy atom. The molecule has 0 spiro atoms. The zero-order valence-corrected chi connectivity index (χ0v) is 17.9. The molecule has 0 bridgehead atoms. The van der Waals surface area contributed by atoms with E-state index in [2.05, 4.69) is 41.1 Å². The second kappa shape index (κ2) is 12.2. The Labute approximate surface area is 159 Å². The molecule has 1 rings (SSSR count). The van der Waals surface area contributed by atoms with Gasteiger partial charge in [-0.15, -0.1) is 0 Å². The van der Waals surface area contributed by atoms with Crippen molar-refractivity contribution < 1.29 is 26.7 Å². The maximum Gasteiger partial charge on any atom is 0.412 e. The standard InChI is InChI=1S/C16H25NO2S.CH4O4S/c1-6-7-8-9-17-16(18)19-15-12(2)10-14(20(4)5)11-13(15)3;1-5-6(2,3)4/h10-11H,6-9H2,1-5H3;1H3,(H,2,3,4). The number of carbonyl (C=O) groups is 1. The van der Waals surface area contributed by atoms with Crippen LogP contribution >= 0.6 is 0 Å². The van der Waals surface area contributed by atoms with Gasteiger partial charge in [-0.05, 0) is 43.5 Å². The number of hydrogen-bond donors (Lipinski definition) is 1. The van der Waals surface area contributed by atoms with Gasteiger partial charge >= 0.3 is 6.09 Å². The average Bonchev–Trinajstić information content (AvgIpc) is 2.54. The lowest BCUT2D eigenvalue weighted by molar-refractivity contribution is 0.199. The fraction of sp³-hybridized carbons (Fsp3) is 0.588. The number of nitrogens with one attached hydrogen (secondary N) is 1. The summed E-state index contributed by atoms with van der Waals surface area (Å²) in [6.45, 7) is 6.80. The maximum atomic E-state index is 11.8. The minimum absolute atomic E-state index is 0.216. The van der Waals surface area contributed by atoms with E-state index in [-0.39, 0.29) is 17.0 Å². The van der Waals surface area contributed by atoms with Crippen LogP contribution in [0.5, 0.6) is 5.75 Å². The van der Waals surface area contributed by atoms with Crippen molar-refractivity contribution in [2.75, 3.05) is 26.2 Å². The molecule has 26 heavy (non-hydrogen) atoms. The molecule has 1 N–H and O–H groups in total. The van der Waals surface area contributed by atoms with E-state index >= 15 is 0 Å². The molecule has 0 aliphatic rings. The third-order valence-electron chi connectivity index (χ3n) is 3.35. The first-order valence-electron chi connectivity index (χ1n) is 8.17. The second-order valence-electron chi connectivity index (χ2n) is 5.80. The molecule has 0 aromatic heterocycles. The molecule has 9 heteroatoms. The molecular weight excluding hydrogens is 378 g/mol. The van der Waals surface area contributed by atoms with Gasteiger partial charge in [0.2, 0.25) is 10.4 Å². The highest BCUT2D eigenvalue weighted by atomic mass is 32.3. The van der Waals surface area contributed by atoms with Gasteiger partial charge in [0, 0.05) is 17.4 Å². The van der Waals surface area contributed by atoms with Crippen molar-refractivity contribution in [2.24, 2.45) is 0 Å². The van der Waals surface area contributed by atoms with E-state index in [1.54, 1.807) is 0 Å². The number of carbonyl (C=O) groups excluding carboxylic acids is 1. The lowest BCUT2D eigenvalue weighted by Gasteiger charge is -2.12. The van der Waals surface area contributed by atoms with Crippen molar-refractivity contribution >= 4 is 27.4 Å². The van der Waals surface area contributed by atoms with Crippen LogP contribution in [0, 0.1) is 13.8 Å². The third-order valence-corrected chi connectivity index (χ3v) is 4.94. The molecule has 0 unspecified atom stereocenters. The van der Waals surface area contributed by atoms with Gasteiger partial charge in [0.25, 0.3) is 0 Å². The van der Waals surface area contributed by atoms with E-state index in [9.17, 15) is 17.8 Å². The lowest BCUT2D eigenvalue weighted by atomic mass is 10.1. The Morgan fingerprint density at radius 2 is 1.69 bits per heavy atom. The Balaban J connectivity index is 0.000000896. The van der Waals surface area contributed by atoms with Crippen molar-refractivity contribution in [1.82, 2.24) is 5.32 Å². The summed E-state index contributed by atoms with van der Waals surface area (Å²) in [7, 11) is -3.39. The summed E-state index contributed by atoms with van der Waals surface area (Å²) in [5.41, 5.74) is 2.04. The first-order chi connectivity index (χ1) is 12.0. The number of aryl methyl sites for hydroxylation is 2. The number of unbranched alkanes of at least 4 members (excludes halogenated alkanes) is 2. The van der Waals surface area contributed by atoms with E-state index in [1.807, 2.05) is 13.8 Å². The van der Waals surface area contributed by atoms with Gasteiger partial charge in [-0.2, -0.15) is 0 Å². The van der Waals surface area contributed by atoms with Crippen LogP contribution in [0.15, 0.2) is 17.0 Å². The highest BCUT2D eigenvalue weighted by molar-refractivity contribution is 7.95. The van der Waals surface area contributed by atoms with Crippen molar-refractivity contribution in [2.45, 2.75) is 44.9 Å². The molecule has 0 saturated heterocycles. The van der Waals surface area contributed by atoms with Crippen LogP contribution in [0.3, 0.4) is 0 Å². The molecule has 0 radical (unpaired) electrons. The molecule has 0 fully saturated rings. The van der Waals surface area contributed by atoms with Crippen molar-refractivity contribution in [3.05, 3.63) is 23.3 Å². The molecule has 0 saturated carbocycles. The van der Waals surface area contributed by atoms with Crippen molar-refractivity contribution in [3.8, 4) is 5.75 Å². The topological polar surface area (TPSA) is 105 Å². The summed E-state index contributed by atoms with van der Waals surface area (Å²) in [4.78, 5) is 13.1. The van der Waals surface area contributed by atoms with Gasteiger partial charge in [0.15, 0.2) is 4.90 Å². The van der Waals surface area contributed by atoms with Crippen LogP contribution in [-0.2, 0) is 25.5 Å². The minimum atomic E-state index is -4.41. The molecule has 1 amide bonds. The van der Waals surface area contributed by atoms with Gasteiger partial charge in [0.1, 0.15) is 18.3 Å². The van der Waals surface area contributed by atoms with Gasteiger partial charge in [-0.25, -0.2) is 13.2 Å². The number of benzene rings is 1. The summed E-state index contributed by atoms with van der Waals surface area (Å²) in [5.74, 6) is 0.687. The summed E-state index contributed by atoms with van der Waals surface area (Å²) < 4.78 is 36.5. The zero-order valence-electron chi connectivity index (χ0n) is 16.2. The number of amides is 1. The Bertz CT molecular complexity index is 651.